The minimum absolute atomic E-state index is 0.0405. The average Bonchev–Trinajstić information content (AvgIpc) is 3.32. The fourth-order valence-electron chi connectivity index (χ4n) is 2.58. The third kappa shape index (κ3) is 5.17. The van der Waals surface area contributed by atoms with Crippen molar-refractivity contribution in [2.75, 3.05) is 11.1 Å². The molecule has 0 atom stereocenters. The predicted octanol–water partition coefficient (Wildman–Crippen LogP) is 4.05. The number of Topliss-reactive ketones (excluding diaryl/α,β-unsaturated/α-hetero) is 1. The van der Waals surface area contributed by atoms with Gasteiger partial charge >= 0.3 is 0 Å². The Morgan fingerprint density at radius 2 is 2.14 bits per heavy atom. The first kappa shape index (κ1) is 20.0. The summed E-state index contributed by atoms with van der Waals surface area (Å²) in [5.41, 5.74) is 1.17. The molecular weight excluding hydrogens is 392 g/mol. The van der Waals surface area contributed by atoms with Gasteiger partial charge in [-0.3, -0.25) is 9.59 Å². The number of allylic oxidation sites excluding steroid dienone is 1. The van der Waals surface area contributed by atoms with Gasteiger partial charge in [-0.05, 0) is 30.5 Å². The zero-order valence-electron chi connectivity index (χ0n) is 15.4. The van der Waals surface area contributed by atoms with Gasteiger partial charge in [-0.15, -0.1) is 28.1 Å². The van der Waals surface area contributed by atoms with Gasteiger partial charge in [0, 0.05) is 29.1 Å². The first-order valence-electron chi connectivity index (χ1n) is 8.66. The number of amides is 1. The van der Waals surface area contributed by atoms with Crippen LogP contribution in [0.2, 0.25) is 0 Å². The van der Waals surface area contributed by atoms with Crippen molar-refractivity contribution in [2.45, 2.75) is 25.0 Å². The Labute approximate surface area is 171 Å². The van der Waals surface area contributed by atoms with Gasteiger partial charge in [0.05, 0.1) is 5.75 Å². The molecule has 0 radical (unpaired) electrons. The maximum atomic E-state index is 12.3. The molecule has 0 fully saturated rings. The Kier molecular flexibility index (Phi) is 6.78. The highest BCUT2D eigenvalue weighted by atomic mass is 32.2. The van der Waals surface area contributed by atoms with Crippen molar-refractivity contribution >= 4 is 40.5 Å². The summed E-state index contributed by atoms with van der Waals surface area (Å²) < 4.78 is 1.97. The highest BCUT2D eigenvalue weighted by Gasteiger charge is 2.14. The van der Waals surface area contributed by atoms with Crippen molar-refractivity contribution in [2.24, 2.45) is 0 Å². The minimum Gasteiger partial charge on any atom is -0.325 e. The van der Waals surface area contributed by atoms with Gasteiger partial charge < -0.3 is 9.88 Å². The van der Waals surface area contributed by atoms with Gasteiger partial charge in [-0.1, -0.05) is 36.0 Å². The Bertz CT molecular complexity index is 980. The topological polar surface area (TPSA) is 76.9 Å². The van der Waals surface area contributed by atoms with E-state index in [0.29, 0.717) is 29.4 Å². The van der Waals surface area contributed by atoms with Crippen molar-refractivity contribution in [1.29, 1.82) is 0 Å². The number of benzene rings is 1. The molecule has 1 amide bonds. The lowest BCUT2D eigenvalue weighted by Crippen LogP contribution is -2.15. The molecule has 0 unspecified atom stereocenters. The summed E-state index contributed by atoms with van der Waals surface area (Å²) in [7, 11) is 0. The Morgan fingerprint density at radius 3 is 2.86 bits per heavy atom. The predicted molar refractivity (Wildman–Crippen MR) is 113 cm³/mol. The molecule has 0 spiro atoms. The maximum Gasteiger partial charge on any atom is 0.234 e. The SMILES string of the molecule is C=CCn1c(Cc2cccs2)nnc1SCC(=O)Nc1cccc(C(C)=O)c1. The Morgan fingerprint density at radius 1 is 1.29 bits per heavy atom. The van der Waals surface area contributed by atoms with Crippen molar-refractivity contribution in [3.8, 4) is 0 Å². The van der Waals surface area contributed by atoms with Gasteiger partial charge in [0.15, 0.2) is 10.9 Å². The molecule has 2 heterocycles. The molecule has 0 bridgehead atoms. The molecule has 1 N–H and O–H groups in total. The number of carbonyl (C=O) groups excluding carboxylic acids is 2. The van der Waals surface area contributed by atoms with Crippen molar-refractivity contribution in [3.63, 3.8) is 0 Å². The van der Waals surface area contributed by atoms with Gasteiger partial charge in [0.2, 0.25) is 5.91 Å². The number of anilines is 1. The lowest BCUT2D eigenvalue weighted by molar-refractivity contribution is -0.113. The van der Waals surface area contributed by atoms with E-state index in [1.807, 2.05) is 16.0 Å². The smallest absolute Gasteiger partial charge is 0.234 e. The van der Waals surface area contributed by atoms with Crippen molar-refractivity contribution in [1.82, 2.24) is 14.8 Å². The summed E-state index contributed by atoms with van der Waals surface area (Å²) in [4.78, 5) is 25.0. The van der Waals surface area contributed by atoms with Crippen LogP contribution in [0.25, 0.3) is 0 Å². The number of nitrogens with zero attached hydrogens (tertiary/aromatic N) is 3. The number of thiophene rings is 1. The number of hydrogen-bond donors (Lipinski definition) is 1. The quantitative estimate of drug-likeness (QED) is 0.326. The van der Waals surface area contributed by atoms with Crippen LogP contribution in [-0.4, -0.2) is 32.2 Å². The lowest BCUT2D eigenvalue weighted by Gasteiger charge is -2.08. The van der Waals surface area contributed by atoms with E-state index in [9.17, 15) is 9.59 Å². The number of rotatable bonds is 9. The van der Waals surface area contributed by atoms with E-state index in [1.165, 1.54) is 23.6 Å². The van der Waals surface area contributed by atoms with E-state index in [-0.39, 0.29) is 17.4 Å². The largest absolute Gasteiger partial charge is 0.325 e. The second-order valence-corrected chi connectivity index (χ2v) is 8.00. The molecule has 0 saturated heterocycles. The van der Waals surface area contributed by atoms with Gasteiger partial charge in [0.1, 0.15) is 5.82 Å². The lowest BCUT2D eigenvalue weighted by atomic mass is 10.1. The fourth-order valence-corrected chi connectivity index (χ4v) is 4.05. The van der Waals surface area contributed by atoms with Crippen LogP contribution in [0.5, 0.6) is 0 Å². The number of aromatic nitrogens is 3. The minimum atomic E-state index is -0.168. The van der Waals surface area contributed by atoms with Crippen LogP contribution < -0.4 is 5.32 Å². The maximum absolute atomic E-state index is 12.3. The van der Waals surface area contributed by atoms with Crippen molar-refractivity contribution < 1.29 is 9.59 Å². The first-order chi connectivity index (χ1) is 13.6. The standard InChI is InChI=1S/C20H20N4O2S2/c1-3-9-24-18(12-17-8-5-10-27-17)22-23-20(24)28-13-19(26)21-16-7-4-6-15(11-16)14(2)25/h3-8,10-11H,1,9,12-13H2,2H3,(H,21,26). The molecule has 144 valence electrons. The van der Waals surface area contributed by atoms with Crippen LogP contribution >= 0.6 is 23.1 Å². The molecule has 0 saturated carbocycles. The third-order valence-corrected chi connectivity index (χ3v) is 5.75. The summed E-state index contributed by atoms with van der Waals surface area (Å²) in [6.07, 6.45) is 2.49. The third-order valence-electron chi connectivity index (χ3n) is 3.90. The summed E-state index contributed by atoms with van der Waals surface area (Å²) >= 11 is 3.00. The highest BCUT2D eigenvalue weighted by molar-refractivity contribution is 7.99. The number of carbonyl (C=O) groups is 2. The van der Waals surface area contributed by atoms with E-state index >= 15 is 0 Å². The zero-order valence-corrected chi connectivity index (χ0v) is 17.1. The van der Waals surface area contributed by atoms with Gasteiger partial charge in [-0.2, -0.15) is 0 Å². The molecule has 0 aliphatic carbocycles. The fraction of sp³-hybridized carbons (Fsp3) is 0.200. The van der Waals surface area contributed by atoms with E-state index in [4.69, 9.17) is 0 Å². The van der Waals surface area contributed by atoms with E-state index < -0.39 is 0 Å². The molecule has 6 nitrogen and oxygen atoms in total. The van der Waals surface area contributed by atoms with Crippen LogP contribution in [0, 0.1) is 0 Å². The molecule has 1 aromatic carbocycles. The van der Waals surface area contributed by atoms with Crippen molar-refractivity contribution in [3.05, 3.63) is 70.7 Å². The van der Waals surface area contributed by atoms with Crippen LogP contribution in [0.4, 0.5) is 5.69 Å². The Hall–Kier alpha value is -2.71. The molecular formula is C20H20N4O2S2. The van der Waals surface area contributed by atoms with Gasteiger partial charge in [-0.25, -0.2) is 0 Å². The molecule has 8 heteroatoms. The number of hydrogen-bond acceptors (Lipinski definition) is 6. The van der Waals surface area contributed by atoms with E-state index in [2.05, 4.69) is 28.2 Å². The molecule has 2 aromatic heterocycles. The van der Waals surface area contributed by atoms with Gasteiger partial charge in [0.25, 0.3) is 0 Å². The molecule has 0 aliphatic rings. The zero-order chi connectivity index (χ0) is 19.9. The van der Waals surface area contributed by atoms with Crippen LogP contribution in [0.3, 0.4) is 0 Å². The van der Waals surface area contributed by atoms with E-state index in [0.717, 1.165) is 5.82 Å². The second kappa shape index (κ2) is 9.48. The molecule has 3 aromatic rings. The monoisotopic (exact) mass is 412 g/mol. The highest BCUT2D eigenvalue weighted by Crippen LogP contribution is 2.21. The van der Waals surface area contributed by atoms with Crippen LogP contribution in [-0.2, 0) is 17.8 Å². The molecule has 0 aliphatic heterocycles. The van der Waals surface area contributed by atoms with Crippen LogP contribution in [0.15, 0.2) is 59.6 Å². The summed E-state index contributed by atoms with van der Waals surface area (Å²) in [5.74, 6) is 0.831. The molecule has 3 rings (SSSR count). The molecule has 28 heavy (non-hydrogen) atoms. The average molecular weight is 413 g/mol. The number of nitrogens with one attached hydrogen (secondary N) is 1. The summed E-state index contributed by atoms with van der Waals surface area (Å²) in [5, 5.41) is 14.1. The Balaban J connectivity index is 1.64. The summed E-state index contributed by atoms with van der Waals surface area (Å²) in [6.45, 7) is 5.88. The summed E-state index contributed by atoms with van der Waals surface area (Å²) in [6, 6.07) is 11.0. The van der Waals surface area contributed by atoms with Crippen LogP contribution in [0.1, 0.15) is 28.0 Å². The first-order valence-corrected chi connectivity index (χ1v) is 10.5. The number of thioether (sulfide) groups is 1. The normalized spacial score (nSPS) is 10.6. The second-order valence-electron chi connectivity index (χ2n) is 6.03. The number of ketones is 1. The van der Waals surface area contributed by atoms with E-state index in [1.54, 1.807) is 41.7 Å².